The molecule has 26 heavy (non-hydrogen) atoms. The predicted octanol–water partition coefficient (Wildman–Crippen LogP) is 5.85. The fourth-order valence-corrected chi connectivity index (χ4v) is 4.04. The Kier molecular flexibility index (Phi) is 4.76. The average Bonchev–Trinajstić information content (AvgIpc) is 3.28. The number of fused-ring (bicyclic) bond motifs is 1. The average molecular weight is 362 g/mol. The fourth-order valence-electron chi connectivity index (χ4n) is 3.32. The number of thiophene rings is 1. The summed E-state index contributed by atoms with van der Waals surface area (Å²) < 4.78 is 8.39. The van der Waals surface area contributed by atoms with Gasteiger partial charge < -0.3 is 9.30 Å². The number of aromatic nitrogens is 2. The molecular weight excluding hydrogens is 340 g/mol. The van der Waals surface area contributed by atoms with Crippen LogP contribution in [-0.2, 0) is 6.54 Å². The molecule has 4 heteroatoms. The highest BCUT2D eigenvalue weighted by atomic mass is 32.1. The molecule has 0 atom stereocenters. The van der Waals surface area contributed by atoms with Crippen molar-refractivity contribution in [3.05, 3.63) is 71.1 Å². The first-order chi connectivity index (χ1) is 12.7. The summed E-state index contributed by atoms with van der Waals surface area (Å²) in [6.45, 7) is 5.78. The first kappa shape index (κ1) is 16.9. The highest BCUT2D eigenvalue weighted by Gasteiger charge is 2.13. The Morgan fingerprint density at radius 3 is 2.54 bits per heavy atom. The molecule has 2 aromatic heterocycles. The summed E-state index contributed by atoms with van der Waals surface area (Å²) in [5.41, 5.74) is 4.62. The number of para-hydroxylation sites is 3. The molecule has 0 unspecified atom stereocenters. The lowest BCUT2D eigenvalue weighted by Gasteiger charge is -2.13. The van der Waals surface area contributed by atoms with Gasteiger partial charge in [0.2, 0.25) is 0 Å². The Morgan fingerprint density at radius 2 is 1.77 bits per heavy atom. The molecule has 0 N–H and O–H groups in total. The first-order valence-corrected chi connectivity index (χ1v) is 9.80. The van der Waals surface area contributed by atoms with Crippen LogP contribution in [-0.4, -0.2) is 16.2 Å². The molecule has 0 bridgehead atoms. The molecule has 2 aromatic carbocycles. The molecule has 0 aliphatic heterocycles. The summed E-state index contributed by atoms with van der Waals surface area (Å²) in [7, 11) is 0. The number of imidazole rings is 1. The van der Waals surface area contributed by atoms with Crippen LogP contribution in [0.4, 0.5) is 0 Å². The molecule has 0 spiro atoms. The topological polar surface area (TPSA) is 27.1 Å². The normalized spacial score (nSPS) is 11.2. The third-order valence-corrected chi connectivity index (χ3v) is 5.44. The van der Waals surface area contributed by atoms with E-state index in [4.69, 9.17) is 9.72 Å². The van der Waals surface area contributed by atoms with Crippen molar-refractivity contribution < 1.29 is 4.74 Å². The molecular formula is C22H22N2OS. The zero-order valence-electron chi connectivity index (χ0n) is 15.1. The molecule has 3 nitrogen and oxygen atoms in total. The van der Waals surface area contributed by atoms with Crippen LogP contribution in [0.15, 0.2) is 60.0 Å². The monoisotopic (exact) mass is 362 g/mol. The first-order valence-electron chi connectivity index (χ1n) is 8.92. The van der Waals surface area contributed by atoms with Gasteiger partial charge in [0.15, 0.2) is 5.82 Å². The predicted molar refractivity (Wildman–Crippen MR) is 109 cm³/mol. The van der Waals surface area contributed by atoms with Crippen LogP contribution in [0.1, 0.15) is 17.5 Å². The van der Waals surface area contributed by atoms with Crippen LogP contribution in [0.2, 0.25) is 0 Å². The maximum atomic E-state index is 6.08. The minimum atomic E-state index is 0.697. The Morgan fingerprint density at radius 1 is 0.962 bits per heavy atom. The Bertz CT molecular complexity index is 998. The number of ether oxygens (including phenoxy) is 1. The highest BCUT2D eigenvalue weighted by Crippen LogP contribution is 2.28. The second-order valence-corrected chi connectivity index (χ2v) is 7.42. The summed E-state index contributed by atoms with van der Waals surface area (Å²) in [6.07, 6.45) is 0.937. The Hall–Kier alpha value is -2.59. The van der Waals surface area contributed by atoms with Gasteiger partial charge in [-0.05, 0) is 55.0 Å². The zero-order valence-corrected chi connectivity index (χ0v) is 15.9. The van der Waals surface area contributed by atoms with Crippen molar-refractivity contribution in [3.8, 4) is 16.5 Å². The number of hydrogen-bond donors (Lipinski definition) is 0. The van der Waals surface area contributed by atoms with E-state index in [1.54, 1.807) is 11.3 Å². The lowest BCUT2D eigenvalue weighted by atomic mass is 10.1. The van der Waals surface area contributed by atoms with Crippen molar-refractivity contribution >= 4 is 22.4 Å². The lowest BCUT2D eigenvalue weighted by Crippen LogP contribution is -2.07. The van der Waals surface area contributed by atoms with Crippen LogP contribution in [0.25, 0.3) is 21.7 Å². The van der Waals surface area contributed by atoms with E-state index >= 15 is 0 Å². The summed E-state index contributed by atoms with van der Waals surface area (Å²) in [5, 5.41) is 2.10. The van der Waals surface area contributed by atoms with Gasteiger partial charge in [-0.3, -0.25) is 0 Å². The van der Waals surface area contributed by atoms with E-state index in [1.165, 1.54) is 21.5 Å². The van der Waals surface area contributed by atoms with Gasteiger partial charge in [-0.15, -0.1) is 11.3 Å². The summed E-state index contributed by atoms with van der Waals surface area (Å²) in [5.74, 6) is 2.06. The maximum absolute atomic E-state index is 6.08. The smallest absolute Gasteiger partial charge is 0.151 e. The summed E-state index contributed by atoms with van der Waals surface area (Å²) in [6, 6.07) is 18.8. The third kappa shape index (κ3) is 3.25. The molecule has 4 aromatic rings. The van der Waals surface area contributed by atoms with Crippen LogP contribution >= 0.6 is 11.3 Å². The standard InChI is InChI=1S/C22H22N2OS/c1-16-8-5-9-17(2)21(16)25-14-7-13-24-19-11-4-3-10-18(19)23-22(24)20-12-6-15-26-20/h3-6,8-12,15H,7,13-14H2,1-2H3. The van der Waals surface area contributed by atoms with E-state index in [-0.39, 0.29) is 0 Å². The fraction of sp³-hybridized carbons (Fsp3) is 0.227. The minimum absolute atomic E-state index is 0.697. The largest absolute Gasteiger partial charge is 0.493 e. The minimum Gasteiger partial charge on any atom is -0.493 e. The maximum Gasteiger partial charge on any atom is 0.151 e. The van der Waals surface area contributed by atoms with E-state index in [1.807, 2.05) is 6.07 Å². The van der Waals surface area contributed by atoms with Gasteiger partial charge in [-0.25, -0.2) is 4.98 Å². The van der Waals surface area contributed by atoms with Gasteiger partial charge in [-0.1, -0.05) is 36.4 Å². The molecule has 0 amide bonds. The highest BCUT2D eigenvalue weighted by molar-refractivity contribution is 7.13. The van der Waals surface area contributed by atoms with Gasteiger partial charge in [0, 0.05) is 6.54 Å². The molecule has 0 radical (unpaired) electrons. The van der Waals surface area contributed by atoms with Crippen molar-refractivity contribution in [3.63, 3.8) is 0 Å². The van der Waals surface area contributed by atoms with Gasteiger partial charge in [0.25, 0.3) is 0 Å². The molecule has 0 saturated carbocycles. The molecule has 0 fully saturated rings. The number of aryl methyl sites for hydroxylation is 3. The Balaban J connectivity index is 1.53. The number of rotatable bonds is 6. The second-order valence-electron chi connectivity index (χ2n) is 6.48. The van der Waals surface area contributed by atoms with Crippen LogP contribution in [0.3, 0.4) is 0 Å². The van der Waals surface area contributed by atoms with E-state index in [0.29, 0.717) is 6.61 Å². The molecule has 0 saturated heterocycles. The lowest BCUT2D eigenvalue weighted by molar-refractivity contribution is 0.299. The zero-order chi connectivity index (χ0) is 17.9. The van der Waals surface area contributed by atoms with Crippen LogP contribution in [0, 0.1) is 13.8 Å². The van der Waals surface area contributed by atoms with Crippen LogP contribution < -0.4 is 4.74 Å². The number of benzene rings is 2. The van der Waals surface area contributed by atoms with Crippen LogP contribution in [0.5, 0.6) is 5.75 Å². The van der Waals surface area contributed by atoms with E-state index in [2.05, 4.69) is 72.3 Å². The number of hydrogen-bond acceptors (Lipinski definition) is 3. The van der Waals surface area contributed by atoms with E-state index in [0.717, 1.165) is 30.1 Å². The molecule has 0 aliphatic rings. The Labute approximate surface area is 157 Å². The summed E-state index contributed by atoms with van der Waals surface area (Å²) >= 11 is 1.73. The second kappa shape index (κ2) is 7.34. The quantitative estimate of drug-likeness (QED) is 0.402. The van der Waals surface area contributed by atoms with Crippen molar-refractivity contribution in [2.45, 2.75) is 26.8 Å². The van der Waals surface area contributed by atoms with Crippen molar-refractivity contribution in [2.75, 3.05) is 6.61 Å². The molecule has 132 valence electrons. The molecule has 2 heterocycles. The van der Waals surface area contributed by atoms with Crippen molar-refractivity contribution in [2.24, 2.45) is 0 Å². The van der Waals surface area contributed by atoms with Gasteiger partial charge >= 0.3 is 0 Å². The molecule has 4 rings (SSSR count). The van der Waals surface area contributed by atoms with E-state index < -0.39 is 0 Å². The van der Waals surface area contributed by atoms with E-state index in [9.17, 15) is 0 Å². The van der Waals surface area contributed by atoms with Gasteiger partial charge in [0.05, 0.1) is 22.5 Å². The third-order valence-electron chi connectivity index (χ3n) is 4.58. The SMILES string of the molecule is Cc1cccc(C)c1OCCCn1c(-c2cccs2)nc2ccccc21. The summed E-state index contributed by atoms with van der Waals surface area (Å²) in [4.78, 5) is 6.06. The number of nitrogens with zero attached hydrogens (tertiary/aromatic N) is 2. The van der Waals surface area contributed by atoms with Crippen molar-refractivity contribution in [1.29, 1.82) is 0 Å². The van der Waals surface area contributed by atoms with Crippen molar-refractivity contribution in [1.82, 2.24) is 9.55 Å². The van der Waals surface area contributed by atoms with Gasteiger partial charge in [-0.2, -0.15) is 0 Å². The molecule has 0 aliphatic carbocycles. The van der Waals surface area contributed by atoms with Gasteiger partial charge in [0.1, 0.15) is 5.75 Å².